The van der Waals surface area contributed by atoms with E-state index in [4.69, 9.17) is 9.15 Å². The van der Waals surface area contributed by atoms with E-state index in [-0.39, 0.29) is 36.4 Å². The summed E-state index contributed by atoms with van der Waals surface area (Å²) in [5.41, 5.74) is 1.05. The van der Waals surface area contributed by atoms with Crippen molar-refractivity contribution in [3.05, 3.63) is 60.1 Å². The summed E-state index contributed by atoms with van der Waals surface area (Å²) in [7, 11) is 0. The van der Waals surface area contributed by atoms with Crippen LogP contribution in [0.1, 0.15) is 35.0 Å². The molecular weight excluding hydrogens is 374 g/mol. The molecule has 2 saturated heterocycles. The number of hydrogen-bond donors (Lipinski definition) is 1. The van der Waals surface area contributed by atoms with E-state index in [2.05, 4.69) is 5.32 Å². The van der Waals surface area contributed by atoms with E-state index in [0.717, 1.165) is 5.56 Å². The van der Waals surface area contributed by atoms with E-state index < -0.39 is 5.91 Å². The number of benzene rings is 1. The first-order valence-electron chi connectivity index (χ1n) is 9.73. The standard InChI is InChI=1S/C21H23N3O5/c25-19(13-22-20(26)18-7-4-12-28-18)23-10-8-16(9-11-23)24-17(14-29-21(24)27)15-5-2-1-3-6-15/h1-7,12,16-17H,8-11,13-14H2,(H,22,26). The number of amides is 3. The Labute approximate surface area is 168 Å². The largest absolute Gasteiger partial charge is 0.459 e. The molecular formula is C21H23N3O5. The molecule has 2 aromatic rings. The number of carbonyl (C=O) groups excluding carboxylic acids is 3. The Balaban J connectivity index is 1.31. The predicted molar refractivity (Wildman–Crippen MR) is 103 cm³/mol. The predicted octanol–water partition coefficient (Wildman–Crippen LogP) is 2.19. The zero-order valence-electron chi connectivity index (χ0n) is 16.0. The van der Waals surface area contributed by atoms with E-state index in [9.17, 15) is 14.4 Å². The summed E-state index contributed by atoms with van der Waals surface area (Å²) < 4.78 is 10.3. The van der Waals surface area contributed by atoms with Gasteiger partial charge in [0.25, 0.3) is 5.91 Å². The highest BCUT2D eigenvalue weighted by atomic mass is 16.6. The van der Waals surface area contributed by atoms with Crippen molar-refractivity contribution in [3.8, 4) is 0 Å². The van der Waals surface area contributed by atoms with Gasteiger partial charge in [0, 0.05) is 19.1 Å². The molecule has 152 valence electrons. The van der Waals surface area contributed by atoms with Crippen LogP contribution in [0.5, 0.6) is 0 Å². The maximum absolute atomic E-state index is 12.4. The maximum Gasteiger partial charge on any atom is 0.410 e. The van der Waals surface area contributed by atoms with Gasteiger partial charge in [-0.15, -0.1) is 0 Å². The monoisotopic (exact) mass is 397 g/mol. The molecule has 8 nitrogen and oxygen atoms in total. The molecule has 8 heteroatoms. The van der Waals surface area contributed by atoms with Crippen LogP contribution in [0.2, 0.25) is 0 Å². The van der Waals surface area contributed by atoms with Crippen LogP contribution in [0.15, 0.2) is 53.1 Å². The van der Waals surface area contributed by atoms with Crippen molar-refractivity contribution in [3.63, 3.8) is 0 Å². The van der Waals surface area contributed by atoms with Gasteiger partial charge in [-0.05, 0) is 30.5 Å². The molecule has 3 heterocycles. The molecule has 2 aliphatic heterocycles. The molecule has 4 rings (SSSR count). The summed E-state index contributed by atoms with van der Waals surface area (Å²) in [6.45, 7) is 1.33. The van der Waals surface area contributed by atoms with Crippen LogP contribution in [0.25, 0.3) is 0 Å². The number of furan rings is 1. The molecule has 0 spiro atoms. The summed E-state index contributed by atoms with van der Waals surface area (Å²) >= 11 is 0. The Hall–Kier alpha value is -3.29. The average Bonchev–Trinajstić information content (AvgIpc) is 3.43. The second-order valence-corrected chi connectivity index (χ2v) is 7.18. The third-order valence-corrected chi connectivity index (χ3v) is 5.45. The number of piperidine rings is 1. The molecule has 1 atom stereocenters. The zero-order valence-corrected chi connectivity index (χ0v) is 16.0. The van der Waals surface area contributed by atoms with Crippen molar-refractivity contribution in [1.82, 2.24) is 15.1 Å². The van der Waals surface area contributed by atoms with Gasteiger partial charge in [-0.3, -0.25) is 14.5 Å². The van der Waals surface area contributed by atoms with Crippen LogP contribution >= 0.6 is 0 Å². The third-order valence-electron chi connectivity index (χ3n) is 5.45. The summed E-state index contributed by atoms with van der Waals surface area (Å²) in [5, 5.41) is 2.58. The van der Waals surface area contributed by atoms with Gasteiger partial charge in [-0.1, -0.05) is 30.3 Å². The minimum absolute atomic E-state index is 0.0250. The molecule has 1 N–H and O–H groups in total. The number of rotatable bonds is 5. The smallest absolute Gasteiger partial charge is 0.410 e. The van der Waals surface area contributed by atoms with E-state index in [1.54, 1.807) is 17.0 Å². The lowest BCUT2D eigenvalue weighted by atomic mass is 9.99. The van der Waals surface area contributed by atoms with Gasteiger partial charge in [0.1, 0.15) is 6.61 Å². The van der Waals surface area contributed by atoms with Gasteiger partial charge in [-0.2, -0.15) is 0 Å². The van der Waals surface area contributed by atoms with E-state index in [1.165, 1.54) is 6.26 Å². The van der Waals surface area contributed by atoms with Crippen LogP contribution < -0.4 is 5.32 Å². The molecule has 1 unspecified atom stereocenters. The Morgan fingerprint density at radius 1 is 1.07 bits per heavy atom. The number of cyclic esters (lactones) is 1. The topological polar surface area (TPSA) is 92.1 Å². The fourth-order valence-electron chi connectivity index (χ4n) is 3.92. The fourth-order valence-corrected chi connectivity index (χ4v) is 3.92. The third kappa shape index (κ3) is 4.11. The lowest BCUT2D eigenvalue weighted by Gasteiger charge is -2.38. The molecule has 1 aromatic heterocycles. The molecule has 0 bridgehead atoms. The van der Waals surface area contributed by atoms with Gasteiger partial charge < -0.3 is 19.4 Å². The van der Waals surface area contributed by atoms with Crippen molar-refractivity contribution in [2.24, 2.45) is 0 Å². The van der Waals surface area contributed by atoms with E-state index in [1.807, 2.05) is 35.2 Å². The molecule has 0 aliphatic carbocycles. The summed E-state index contributed by atoms with van der Waals surface area (Å²) in [6, 6.07) is 12.9. The average molecular weight is 397 g/mol. The Bertz CT molecular complexity index is 860. The first-order valence-corrected chi connectivity index (χ1v) is 9.73. The van der Waals surface area contributed by atoms with Crippen molar-refractivity contribution in [2.45, 2.75) is 24.9 Å². The zero-order chi connectivity index (χ0) is 20.2. The van der Waals surface area contributed by atoms with Gasteiger partial charge >= 0.3 is 6.09 Å². The van der Waals surface area contributed by atoms with Crippen molar-refractivity contribution < 1.29 is 23.5 Å². The highest BCUT2D eigenvalue weighted by Crippen LogP contribution is 2.33. The van der Waals surface area contributed by atoms with Crippen LogP contribution in [0, 0.1) is 0 Å². The summed E-state index contributed by atoms with van der Waals surface area (Å²) in [4.78, 5) is 40.2. The minimum Gasteiger partial charge on any atom is -0.459 e. The fraction of sp³-hybridized carbons (Fsp3) is 0.381. The Kier molecular flexibility index (Phi) is 5.50. The second kappa shape index (κ2) is 8.38. The highest BCUT2D eigenvalue weighted by Gasteiger charge is 2.40. The van der Waals surface area contributed by atoms with Crippen LogP contribution in [-0.2, 0) is 9.53 Å². The molecule has 29 heavy (non-hydrogen) atoms. The molecule has 1 aromatic carbocycles. The lowest BCUT2D eigenvalue weighted by molar-refractivity contribution is -0.131. The molecule has 0 saturated carbocycles. The Morgan fingerprint density at radius 2 is 1.83 bits per heavy atom. The van der Waals surface area contributed by atoms with E-state index in [0.29, 0.717) is 32.5 Å². The number of carbonyl (C=O) groups is 3. The molecule has 0 radical (unpaired) electrons. The van der Waals surface area contributed by atoms with Crippen molar-refractivity contribution in [1.29, 1.82) is 0 Å². The number of nitrogens with zero attached hydrogens (tertiary/aromatic N) is 2. The Morgan fingerprint density at radius 3 is 2.52 bits per heavy atom. The quantitative estimate of drug-likeness (QED) is 0.835. The molecule has 2 fully saturated rings. The van der Waals surface area contributed by atoms with Gasteiger partial charge in [0.05, 0.1) is 18.8 Å². The minimum atomic E-state index is -0.413. The second-order valence-electron chi connectivity index (χ2n) is 7.18. The molecule has 3 amide bonds. The van der Waals surface area contributed by atoms with Crippen LogP contribution in [-0.4, -0.2) is 60.0 Å². The van der Waals surface area contributed by atoms with Gasteiger partial charge in [-0.25, -0.2) is 4.79 Å². The molecule has 2 aliphatic rings. The number of likely N-dealkylation sites (tertiary alicyclic amines) is 1. The lowest BCUT2D eigenvalue weighted by Crippen LogP contribution is -2.49. The highest BCUT2D eigenvalue weighted by molar-refractivity contribution is 5.94. The van der Waals surface area contributed by atoms with Crippen LogP contribution in [0.4, 0.5) is 4.79 Å². The summed E-state index contributed by atoms with van der Waals surface area (Å²) in [5.74, 6) is -0.383. The number of nitrogens with one attached hydrogen (secondary N) is 1. The SMILES string of the molecule is O=C(NCC(=O)N1CCC(N2C(=O)OCC2c2ccccc2)CC1)c1ccco1. The van der Waals surface area contributed by atoms with Crippen LogP contribution in [0.3, 0.4) is 0 Å². The number of hydrogen-bond acceptors (Lipinski definition) is 5. The first-order chi connectivity index (χ1) is 14.1. The normalized spacial score (nSPS) is 19.9. The van der Waals surface area contributed by atoms with E-state index >= 15 is 0 Å². The maximum atomic E-state index is 12.4. The first kappa shape index (κ1) is 19.0. The van der Waals surface area contributed by atoms with Crippen molar-refractivity contribution >= 4 is 17.9 Å². The summed E-state index contributed by atoms with van der Waals surface area (Å²) in [6.07, 6.45) is 2.47. The van der Waals surface area contributed by atoms with Gasteiger partial charge in [0.2, 0.25) is 5.91 Å². The number of ether oxygens (including phenoxy) is 1. The van der Waals surface area contributed by atoms with Gasteiger partial charge in [0.15, 0.2) is 5.76 Å². The van der Waals surface area contributed by atoms with Crippen molar-refractivity contribution in [2.75, 3.05) is 26.2 Å².